The lowest BCUT2D eigenvalue weighted by Gasteiger charge is -2.10. The summed E-state index contributed by atoms with van der Waals surface area (Å²) >= 11 is 5.90. The highest BCUT2D eigenvalue weighted by molar-refractivity contribution is 6.30. The van der Waals surface area contributed by atoms with Gasteiger partial charge in [-0.1, -0.05) is 54.1 Å². The first-order chi connectivity index (χ1) is 14.7. The maximum atomic E-state index is 12.6. The molecular weight excluding hydrogens is 402 g/mol. The third kappa shape index (κ3) is 4.85. The Morgan fingerprint density at radius 2 is 1.67 bits per heavy atom. The Labute approximate surface area is 178 Å². The molecule has 0 fully saturated rings. The lowest BCUT2D eigenvalue weighted by molar-refractivity contribution is 0.0945. The molecule has 3 aromatic carbocycles. The van der Waals surface area contributed by atoms with Crippen molar-refractivity contribution in [1.29, 1.82) is 0 Å². The number of rotatable bonds is 7. The highest BCUT2D eigenvalue weighted by Crippen LogP contribution is 2.22. The highest BCUT2D eigenvalue weighted by atomic mass is 35.5. The van der Waals surface area contributed by atoms with Gasteiger partial charge in [0, 0.05) is 17.1 Å². The van der Waals surface area contributed by atoms with E-state index in [1.165, 1.54) is 0 Å². The molecule has 0 saturated heterocycles. The van der Waals surface area contributed by atoms with E-state index < -0.39 is 0 Å². The van der Waals surface area contributed by atoms with Gasteiger partial charge < -0.3 is 14.5 Å². The largest absolute Gasteiger partial charge is 0.483 e. The molecule has 4 aromatic rings. The van der Waals surface area contributed by atoms with Crippen LogP contribution in [0.2, 0.25) is 5.02 Å². The monoisotopic (exact) mass is 419 g/mol. The first-order valence-corrected chi connectivity index (χ1v) is 9.69. The van der Waals surface area contributed by atoms with Crippen molar-refractivity contribution in [2.75, 3.05) is 0 Å². The smallest absolute Gasteiger partial charge is 0.255 e. The predicted octanol–water partition coefficient (Wildman–Crippen LogP) is 4.90. The summed E-state index contributed by atoms with van der Waals surface area (Å²) in [5.74, 6) is 0.898. The van der Waals surface area contributed by atoms with Crippen molar-refractivity contribution in [3.05, 3.63) is 101 Å². The van der Waals surface area contributed by atoms with E-state index in [2.05, 4.69) is 15.5 Å². The van der Waals surface area contributed by atoms with Crippen LogP contribution in [0.4, 0.5) is 0 Å². The first kappa shape index (κ1) is 19.7. The topological polar surface area (TPSA) is 77.2 Å². The van der Waals surface area contributed by atoms with Gasteiger partial charge in [0.1, 0.15) is 5.75 Å². The normalized spacial score (nSPS) is 10.6. The molecule has 1 amide bonds. The van der Waals surface area contributed by atoms with Gasteiger partial charge in [-0.2, -0.15) is 0 Å². The van der Waals surface area contributed by atoms with Gasteiger partial charge in [0.2, 0.25) is 5.89 Å². The van der Waals surface area contributed by atoms with Crippen LogP contribution in [0.15, 0.2) is 83.3 Å². The Bertz CT molecular complexity index is 1130. The van der Waals surface area contributed by atoms with Crippen LogP contribution in [-0.4, -0.2) is 16.1 Å². The number of ether oxygens (including phenoxy) is 1. The predicted molar refractivity (Wildman–Crippen MR) is 113 cm³/mol. The standard InChI is InChI=1S/C23H18ClN3O3/c24-18-12-10-17(11-13-18)23-27-26-21(30-23)15-29-20-9-5-4-8-19(20)22(28)25-14-16-6-2-1-3-7-16/h1-13H,14-15H2,(H,25,28). The van der Waals surface area contributed by atoms with Crippen molar-refractivity contribution in [2.45, 2.75) is 13.2 Å². The molecule has 0 bridgehead atoms. The Hall–Kier alpha value is -3.64. The van der Waals surface area contributed by atoms with E-state index in [1.807, 2.05) is 30.3 Å². The fraction of sp³-hybridized carbons (Fsp3) is 0.0870. The van der Waals surface area contributed by atoms with Crippen molar-refractivity contribution in [3.8, 4) is 17.2 Å². The van der Waals surface area contributed by atoms with Gasteiger partial charge >= 0.3 is 0 Å². The van der Waals surface area contributed by atoms with E-state index in [4.69, 9.17) is 20.8 Å². The highest BCUT2D eigenvalue weighted by Gasteiger charge is 2.14. The second-order valence-electron chi connectivity index (χ2n) is 6.46. The summed E-state index contributed by atoms with van der Waals surface area (Å²) in [6, 6.07) is 23.8. The summed E-state index contributed by atoms with van der Waals surface area (Å²) in [5, 5.41) is 11.6. The number of amides is 1. The van der Waals surface area contributed by atoms with Crippen molar-refractivity contribution in [3.63, 3.8) is 0 Å². The molecule has 150 valence electrons. The molecular formula is C23H18ClN3O3. The number of nitrogens with one attached hydrogen (secondary N) is 1. The number of hydrogen-bond donors (Lipinski definition) is 1. The lowest BCUT2D eigenvalue weighted by Crippen LogP contribution is -2.23. The molecule has 1 heterocycles. The van der Waals surface area contributed by atoms with Crippen LogP contribution >= 0.6 is 11.6 Å². The molecule has 0 atom stereocenters. The quantitative estimate of drug-likeness (QED) is 0.461. The summed E-state index contributed by atoms with van der Waals surface area (Å²) in [4.78, 5) is 12.6. The minimum absolute atomic E-state index is 0.0452. The van der Waals surface area contributed by atoms with Gasteiger partial charge in [-0.25, -0.2) is 0 Å². The van der Waals surface area contributed by atoms with Crippen LogP contribution in [0.3, 0.4) is 0 Å². The zero-order chi connectivity index (χ0) is 20.8. The number of halogens is 1. The van der Waals surface area contributed by atoms with E-state index in [1.54, 1.807) is 48.5 Å². The molecule has 30 heavy (non-hydrogen) atoms. The van der Waals surface area contributed by atoms with Crippen LogP contribution in [0.5, 0.6) is 5.75 Å². The van der Waals surface area contributed by atoms with E-state index in [-0.39, 0.29) is 12.5 Å². The van der Waals surface area contributed by atoms with E-state index in [9.17, 15) is 4.79 Å². The molecule has 0 spiro atoms. The third-order valence-electron chi connectivity index (χ3n) is 4.34. The van der Waals surface area contributed by atoms with Crippen molar-refractivity contribution in [1.82, 2.24) is 15.5 Å². The summed E-state index contributed by atoms with van der Waals surface area (Å²) in [5.41, 5.74) is 2.22. The molecule has 6 nitrogen and oxygen atoms in total. The van der Waals surface area contributed by atoms with Gasteiger partial charge in [-0.3, -0.25) is 4.79 Å². The zero-order valence-electron chi connectivity index (χ0n) is 15.9. The number of carbonyl (C=O) groups excluding carboxylic acids is 1. The lowest BCUT2D eigenvalue weighted by atomic mass is 10.1. The average molecular weight is 420 g/mol. The van der Waals surface area contributed by atoms with Crippen LogP contribution in [-0.2, 0) is 13.2 Å². The molecule has 0 aliphatic rings. The Balaban J connectivity index is 1.41. The second-order valence-corrected chi connectivity index (χ2v) is 6.90. The van der Waals surface area contributed by atoms with Crippen LogP contribution in [0.25, 0.3) is 11.5 Å². The number of nitrogens with zero attached hydrogens (tertiary/aromatic N) is 2. The first-order valence-electron chi connectivity index (χ1n) is 9.31. The second kappa shape index (κ2) is 9.24. The van der Waals surface area contributed by atoms with Crippen LogP contribution in [0, 0.1) is 0 Å². The summed E-state index contributed by atoms with van der Waals surface area (Å²) in [6.07, 6.45) is 0. The molecule has 1 aromatic heterocycles. The van der Waals surface area contributed by atoms with Crippen LogP contribution in [0.1, 0.15) is 21.8 Å². The Morgan fingerprint density at radius 3 is 2.47 bits per heavy atom. The Kier molecular flexibility index (Phi) is 6.06. The minimum Gasteiger partial charge on any atom is -0.483 e. The van der Waals surface area contributed by atoms with Crippen molar-refractivity contribution >= 4 is 17.5 Å². The molecule has 0 aliphatic carbocycles. The summed E-state index contributed by atoms with van der Waals surface area (Å²) in [7, 11) is 0. The molecule has 0 unspecified atom stereocenters. The van der Waals surface area contributed by atoms with Gasteiger partial charge in [0.05, 0.1) is 5.56 Å². The van der Waals surface area contributed by atoms with Crippen molar-refractivity contribution in [2.24, 2.45) is 0 Å². The van der Waals surface area contributed by atoms with Crippen molar-refractivity contribution < 1.29 is 13.9 Å². The number of benzene rings is 3. The number of hydrogen-bond acceptors (Lipinski definition) is 5. The van der Waals surface area contributed by atoms with Gasteiger partial charge in [0.25, 0.3) is 11.8 Å². The van der Waals surface area contributed by atoms with Crippen LogP contribution < -0.4 is 10.1 Å². The SMILES string of the molecule is O=C(NCc1ccccc1)c1ccccc1OCc1nnc(-c2ccc(Cl)cc2)o1. The van der Waals surface area contributed by atoms with E-state index >= 15 is 0 Å². The number of carbonyl (C=O) groups is 1. The molecule has 0 saturated carbocycles. The molecule has 0 radical (unpaired) electrons. The number of para-hydroxylation sites is 1. The molecule has 7 heteroatoms. The maximum absolute atomic E-state index is 12.6. The van der Waals surface area contributed by atoms with E-state index in [0.717, 1.165) is 11.1 Å². The molecule has 0 aliphatic heterocycles. The maximum Gasteiger partial charge on any atom is 0.255 e. The minimum atomic E-state index is -0.221. The molecule has 4 rings (SSSR count). The van der Waals surface area contributed by atoms with Gasteiger partial charge in [-0.15, -0.1) is 10.2 Å². The fourth-order valence-electron chi connectivity index (χ4n) is 2.81. The summed E-state index contributed by atoms with van der Waals surface area (Å²) in [6.45, 7) is 0.478. The Morgan fingerprint density at radius 1 is 0.933 bits per heavy atom. The summed E-state index contributed by atoms with van der Waals surface area (Å²) < 4.78 is 11.4. The fourth-order valence-corrected chi connectivity index (χ4v) is 2.94. The van der Waals surface area contributed by atoms with E-state index in [0.29, 0.717) is 34.7 Å². The molecule has 1 N–H and O–H groups in total. The number of aromatic nitrogens is 2. The zero-order valence-corrected chi connectivity index (χ0v) is 16.7. The van der Waals surface area contributed by atoms with Gasteiger partial charge in [-0.05, 0) is 42.0 Å². The average Bonchev–Trinajstić information content (AvgIpc) is 3.26. The van der Waals surface area contributed by atoms with Gasteiger partial charge in [0.15, 0.2) is 6.61 Å². The third-order valence-corrected chi connectivity index (χ3v) is 4.59.